The highest BCUT2D eigenvalue weighted by atomic mass is 35.5. The average molecular weight is 508 g/mol. The molecule has 0 saturated carbocycles. The van der Waals surface area contributed by atoms with Crippen LogP contribution in [0.4, 0.5) is 10.7 Å². The maximum atomic E-state index is 13.4. The first-order chi connectivity index (χ1) is 17.0. The van der Waals surface area contributed by atoms with E-state index >= 15 is 0 Å². The number of ketones is 1. The van der Waals surface area contributed by atoms with Crippen molar-refractivity contribution in [1.29, 1.82) is 0 Å². The number of aryl methyl sites for hydroxylation is 2. The van der Waals surface area contributed by atoms with Crippen molar-refractivity contribution < 1.29 is 9.59 Å². The Labute approximate surface area is 215 Å². The van der Waals surface area contributed by atoms with E-state index in [0.29, 0.717) is 22.7 Å². The summed E-state index contributed by atoms with van der Waals surface area (Å²) in [5.74, 6) is -0.0519. The predicted molar refractivity (Wildman–Crippen MR) is 144 cm³/mol. The second-order valence-corrected chi connectivity index (χ2v) is 10.9. The van der Waals surface area contributed by atoms with Crippen molar-refractivity contribution in [2.24, 2.45) is 0 Å². The molecule has 2 heterocycles. The summed E-state index contributed by atoms with van der Waals surface area (Å²) in [7, 11) is 0. The molecule has 5 nitrogen and oxygen atoms in total. The van der Waals surface area contributed by atoms with Gasteiger partial charge in [-0.1, -0.05) is 48.0 Å². The summed E-state index contributed by atoms with van der Waals surface area (Å²) in [6.45, 7) is 5.72. The van der Waals surface area contributed by atoms with Gasteiger partial charge < -0.3 is 10.2 Å². The van der Waals surface area contributed by atoms with Crippen LogP contribution in [0.15, 0.2) is 48.5 Å². The van der Waals surface area contributed by atoms with E-state index in [1.165, 1.54) is 10.4 Å². The Bertz CT molecular complexity index is 1230. The standard InChI is InChI=1S/C28H30ClN3O2S/c1-19-11-12-21(29)17-23(19)32-15-13-31(14-16-32)18-25(33)30-28-26(22-9-5-6-10-24(22)35-28)27(34)20-7-3-2-4-8-20/h2-4,7-8,11-12,17H,5-6,9-10,13-16,18H2,1H3,(H,30,33). The number of hydrogen-bond donors (Lipinski definition) is 1. The number of benzene rings is 2. The number of rotatable bonds is 6. The third kappa shape index (κ3) is 5.30. The fraction of sp³-hybridized carbons (Fsp3) is 0.357. The number of thiophene rings is 1. The molecule has 35 heavy (non-hydrogen) atoms. The van der Waals surface area contributed by atoms with Crippen molar-refractivity contribution in [3.05, 3.63) is 80.7 Å². The summed E-state index contributed by atoms with van der Waals surface area (Å²) >= 11 is 7.79. The quantitative estimate of drug-likeness (QED) is 0.442. The minimum absolute atomic E-state index is 0.00538. The summed E-state index contributed by atoms with van der Waals surface area (Å²) in [5, 5.41) is 4.57. The number of amides is 1. The van der Waals surface area contributed by atoms with E-state index in [9.17, 15) is 9.59 Å². The average Bonchev–Trinajstić information content (AvgIpc) is 3.23. The fourth-order valence-electron chi connectivity index (χ4n) is 5.07. The smallest absolute Gasteiger partial charge is 0.239 e. The van der Waals surface area contributed by atoms with Gasteiger partial charge in [-0.15, -0.1) is 11.3 Å². The van der Waals surface area contributed by atoms with Gasteiger partial charge in [-0.25, -0.2) is 0 Å². The van der Waals surface area contributed by atoms with Gasteiger partial charge >= 0.3 is 0 Å². The number of halogens is 1. The maximum absolute atomic E-state index is 13.4. The summed E-state index contributed by atoms with van der Waals surface area (Å²) in [5.41, 5.74) is 4.87. The molecule has 182 valence electrons. The molecular formula is C28H30ClN3O2S. The van der Waals surface area contributed by atoms with Gasteiger partial charge in [-0.05, 0) is 55.9 Å². The summed E-state index contributed by atoms with van der Waals surface area (Å²) in [6.07, 6.45) is 4.11. The van der Waals surface area contributed by atoms with Crippen LogP contribution >= 0.6 is 22.9 Å². The number of hydrogen-bond acceptors (Lipinski definition) is 5. The number of fused-ring (bicyclic) bond motifs is 1. The summed E-state index contributed by atoms with van der Waals surface area (Å²) < 4.78 is 0. The number of piperazine rings is 1. The topological polar surface area (TPSA) is 52.6 Å². The van der Waals surface area contributed by atoms with Gasteiger partial charge in [0.1, 0.15) is 5.00 Å². The summed E-state index contributed by atoms with van der Waals surface area (Å²) in [4.78, 5) is 32.2. The molecule has 0 bridgehead atoms. The van der Waals surface area contributed by atoms with Gasteiger partial charge in [0, 0.05) is 47.3 Å². The highest BCUT2D eigenvalue weighted by molar-refractivity contribution is 7.17. The molecule has 1 aliphatic heterocycles. The van der Waals surface area contributed by atoms with E-state index in [1.54, 1.807) is 11.3 Å². The molecule has 1 saturated heterocycles. The van der Waals surface area contributed by atoms with Crippen molar-refractivity contribution >= 4 is 45.3 Å². The minimum atomic E-state index is -0.0573. The molecule has 7 heteroatoms. The normalized spacial score (nSPS) is 16.1. The third-order valence-electron chi connectivity index (χ3n) is 6.94. The second-order valence-electron chi connectivity index (χ2n) is 9.35. The fourth-order valence-corrected chi connectivity index (χ4v) is 6.54. The van der Waals surface area contributed by atoms with Gasteiger partial charge in [0.25, 0.3) is 0 Å². The van der Waals surface area contributed by atoms with E-state index in [0.717, 1.165) is 68.1 Å². The van der Waals surface area contributed by atoms with E-state index in [4.69, 9.17) is 11.6 Å². The van der Waals surface area contributed by atoms with Gasteiger partial charge in [0.05, 0.1) is 12.1 Å². The molecule has 2 aliphatic rings. The first-order valence-corrected chi connectivity index (χ1v) is 13.5. The SMILES string of the molecule is Cc1ccc(Cl)cc1N1CCN(CC(=O)Nc2sc3c(c2C(=O)c2ccccc2)CCCC3)CC1. The Morgan fingerprint density at radius 3 is 2.51 bits per heavy atom. The van der Waals surface area contributed by atoms with Crippen LogP contribution in [0.2, 0.25) is 5.02 Å². The molecule has 0 unspecified atom stereocenters. The molecule has 3 aromatic rings. The van der Waals surface area contributed by atoms with Crippen molar-refractivity contribution in [3.63, 3.8) is 0 Å². The first-order valence-electron chi connectivity index (χ1n) is 12.3. The van der Waals surface area contributed by atoms with Gasteiger partial charge in [-0.3, -0.25) is 14.5 Å². The maximum Gasteiger partial charge on any atom is 0.239 e. The molecule has 1 N–H and O–H groups in total. The van der Waals surface area contributed by atoms with Crippen LogP contribution in [0.1, 0.15) is 44.8 Å². The second kappa shape index (κ2) is 10.5. The Hall–Kier alpha value is -2.67. The zero-order valence-electron chi connectivity index (χ0n) is 20.0. The number of carbonyl (C=O) groups is 2. The Balaban J connectivity index is 1.26. The van der Waals surface area contributed by atoms with E-state index in [-0.39, 0.29) is 11.7 Å². The Morgan fingerprint density at radius 2 is 1.74 bits per heavy atom. The van der Waals surface area contributed by atoms with Gasteiger partial charge in [0.2, 0.25) is 5.91 Å². The lowest BCUT2D eigenvalue weighted by atomic mass is 9.92. The Morgan fingerprint density at radius 1 is 1.00 bits per heavy atom. The molecule has 5 rings (SSSR count). The number of carbonyl (C=O) groups excluding carboxylic acids is 2. The molecule has 2 aromatic carbocycles. The molecule has 0 atom stereocenters. The van der Waals surface area contributed by atoms with E-state index in [2.05, 4.69) is 22.0 Å². The van der Waals surface area contributed by atoms with Crippen LogP contribution in [0.3, 0.4) is 0 Å². The number of nitrogens with one attached hydrogen (secondary N) is 1. The number of anilines is 2. The van der Waals surface area contributed by atoms with Crippen LogP contribution in [0, 0.1) is 6.92 Å². The largest absolute Gasteiger partial charge is 0.369 e. The van der Waals surface area contributed by atoms with Crippen molar-refractivity contribution in [2.45, 2.75) is 32.6 Å². The lowest BCUT2D eigenvalue weighted by molar-refractivity contribution is -0.117. The lowest BCUT2D eigenvalue weighted by Crippen LogP contribution is -2.48. The van der Waals surface area contributed by atoms with E-state index in [1.807, 2.05) is 48.5 Å². The van der Waals surface area contributed by atoms with Crippen molar-refractivity contribution in [2.75, 3.05) is 42.9 Å². The predicted octanol–water partition coefficient (Wildman–Crippen LogP) is 5.58. The van der Waals surface area contributed by atoms with Crippen molar-refractivity contribution in [3.8, 4) is 0 Å². The van der Waals surface area contributed by atoms with Gasteiger partial charge in [0.15, 0.2) is 5.78 Å². The molecule has 1 aromatic heterocycles. The zero-order chi connectivity index (χ0) is 24.4. The van der Waals surface area contributed by atoms with Crippen LogP contribution < -0.4 is 10.2 Å². The van der Waals surface area contributed by atoms with Crippen LogP contribution in [-0.2, 0) is 17.6 Å². The Kier molecular flexibility index (Phi) is 7.23. The molecule has 1 aliphatic carbocycles. The zero-order valence-corrected chi connectivity index (χ0v) is 21.6. The molecule has 0 spiro atoms. The number of nitrogens with zero attached hydrogens (tertiary/aromatic N) is 2. The highest BCUT2D eigenvalue weighted by Crippen LogP contribution is 2.39. The van der Waals surface area contributed by atoms with Crippen LogP contribution in [0.5, 0.6) is 0 Å². The summed E-state index contributed by atoms with van der Waals surface area (Å²) in [6, 6.07) is 15.4. The lowest BCUT2D eigenvalue weighted by Gasteiger charge is -2.36. The molecule has 1 amide bonds. The minimum Gasteiger partial charge on any atom is -0.369 e. The molecule has 1 fully saturated rings. The molecule has 0 radical (unpaired) electrons. The van der Waals surface area contributed by atoms with Crippen LogP contribution in [0.25, 0.3) is 0 Å². The third-order valence-corrected chi connectivity index (χ3v) is 8.38. The monoisotopic (exact) mass is 507 g/mol. The highest BCUT2D eigenvalue weighted by Gasteiger charge is 2.28. The molecular weight excluding hydrogens is 478 g/mol. The van der Waals surface area contributed by atoms with Gasteiger partial charge in [-0.2, -0.15) is 0 Å². The van der Waals surface area contributed by atoms with E-state index < -0.39 is 0 Å². The first kappa shape index (κ1) is 24.0. The van der Waals surface area contributed by atoms with Crippen LogP contribution in [-0.4, -0.2) is 49.3 Å². The van der Waals surface area contributed by atoms with Crippen molar-refractivity contribution in [1.82, 2.24) is 4.90 Å².